The van der Waals surface area contributed by atoms with Crippen molar-refractivity contribution in [1.82, 2.24) is 5.32 Å². The Labute approximate surface area is 127 Å². The molecule has 0 saturated carbocycles. The van der Waals surface area contributed by atoms with Crippen molar-refractivity contribution in [3.8, 4) is 0 Å². The van der Waals surface area contributed by atoms with Gasteiger partial charge in [0.1, 0.15) is 5.82 Å². The molecule has 4 heteroatoms. The van der Waals surface area contributed by atoms with Crippen molar-refractivity contribution in [1.29, 1.82) is 0 Å². The lowest BCUT2D eigenvalue weighted by Gasteiger charge is -2.28. The highest BCUT2D eigenvalue weighted by Crippen LogP contribution is 2.21. The highest BCUT2D eigenvalue weighted by molar-refractivity contribution is 5.48. The first-order valence-electron chi connectivity index (χ1n) is 7.98. The predicted molar refractivity (Wildman–Crippen MR) is 85.2 cm³/mol. The number of benzene rings is 1. The molecule has 1 aliphatic rings. The Balaban J connectivity index is 1.96. The zero-order valence-electron chi connectivity index (χ0n) is 13.2. The zero-order valence-corrected chi connectivity index (χ0v) is 13.2. The maximum absolute atomic E-state index is 13.8. The maximum atomic E-state index is 13.8. The van der Waals surface area contributed by atoms with Gasteiger partial charge >= 0.3 is 0 Å². The van der Waals surface area contributed by atoms with Gasteiger partial charge in [0.15, 0.2) is 0 Å². The van der Waals surface area contributed by atoms with Crippen molar-refractivity contribution in [3.63, 3.8) is 0 Å². The molecule has 3 nitrogen and oxygen atoms in total. The second-order valence-electron chi connectivity index (χ2n) is 5.96. The minimum atomic E-state index is -0.160. The Morgan fingerprint density at radius 2 is 2.24 bits per heavy atom. The average Bonchev–Trinajstić information content (AvgIpc) is 2.48. The van der Waals surface area contributed by atoms with E-state index in [0.29, 0.717) is 5.92 Å². The van der Waals surface area contributed by atoms with Crippen LogP contribution in [-0.2, 0) is 11.3 Å². The van der Waals surface area contributed by atoms with Gasteiger partial charge in [0, 0.05) is 32.4 Å². The molecule has 1 fully saturated rings. The lowest BCUT2D eigenvalue weighted by Crippen LogP contribution is -2.31. The van der Waals surface area contributed by atoms with Crippen LogP contribution in [-0.4, -0.2) is 33.4 Å². The zero-order chi connectivity index (χ0) is 15.1. The number of nitrogens with one attached hydrogen (secondary N) is 1. The maximum Gasteiger partial charge on any atom is 0.125 e. The van der Waals surface area contributed by atoms with Gasteiger partial charge in [-0.25, -0.2) is 4.39 Å². The van der Waals surface area contributed by atoms with Gasteiger partial charge in [-0.3, -0.25) is 0 Å². The molecular formula is C17H27FN2O. The molecule has 0 amide bonds. The molecule has 0 spiro atoms. The Bertz CT molecular complexity index is 433. The molecule has 1 N–H and O–H groups in total. The molecule has 2 rings (SSSR count). The van der Waals surface area contributed by atoms with E-state index in [9.17, 15) is 4.39 Å². The van der Waals surface area contributed by atoms with Gasteiger partial charge in [-0.1, -0.05) is 6.92 Å². The molecule has 21 heavy (non-hydrogen) atoms. The molecular weight excluding hydrogens is 267 g/mol. The summed E-state index contributed by atoms with van der Waals surface area (Å²) in [6.45, 7) is 6.44. The molecule has 1 unspecified atom stereocenters. The molecule has 0 radical (unpaired) electrons. The molecule has 1 atom stereocenters. The summed E-state index contributed by atoms with van der Waals surface area (Å²) in [4.78, 5) is 2.14. The normalized spacial score (nSPS) is 18.7. The van der Waals surface area contributed by atoms with Crippen LogP contribution < -0.4 is 10.2 Å². The first-order valence-corrected chi connectivity index (χ1v) is 7.98. The fraction of sp³-hybridized carbons (Fsp3) is 0.647. The summed E-state index contributed by atoms with van der Waals surface area (Å²) in [6, 6.07) is 5.31. The predicted octanol–water partition coefficient (Wildman–Crippen LogP) is 3.19. The van der Waals surface area contributed by atoms with E-state index in [1.54, 1.807) is 12.1 Å². The Morgan fingerprint density at radius 3 is 2.95 bits per heavy atom. The first-order chi connectivity index (χ1) is 10.2. The summed E-state index contributed by atoms with van der Waals surface area (Å²) in [5.74, 6) is 0.390. The fourth-order valence-electron chi connectivity index (χ4n) is 2.81. The van der Waals surface area contributed by atoms with Gasteiger partial charge < -0.3 is 15.0 Å². The summed E-state index contributed by atoms with van der Waals surface area (Å²) in [5, 5.41) is 3.32. The molecule has 1 aromatic rings. The smallest absolute Gasteiger partial charge is 0.125 e. The van der Waals surface area contributed by atoms with E-state index in [-0.39, 0.29) is 5.82 Å². The summed E-state index contributed by atoms with van der Waals surface area (Å²) in [5.41, 5.74) is 1.96. The van der Waals surface area contributed by atoms with Crippen LogP contribution in [0.25, 0.3) is 0 Å². The van der Waals surface area contributed by atoms with Crippen molar-refractivity contribution >= 4 is 5.69 Å². The van der Waals surface area contributed by atoms with Gasteiger partial charge in [-0.05, 0) is 55.5 Å². The Morgan fingerprint density at radius 1 is 1.38 bits per heavy atom. The largest absolute Gasteiger partial charge is 0.381 e. The van der Waals surface area contributed by atoms with Crippen molar-refractivity contribution in [2.45, 2.75) is 32.7 Å². The van der Waals surface area contributed by atoms with Crippen LogP contribution >= 0.6 is 0 Å². The van der Waals surface area contributed by atoms with Crippen LogP contribution in [0.15, 0.2) is 18.2 Å². The van der Waals surface area contributed by atoms with Crippen molar-refractivity contribution in [2.75, 3.05) is 38.3 Å². The van der Waals surface area contributed by atoms with Crippen LogP contribution in [0.5, 0.6) is 0 Å². The van der Waals surface area contributed by atoms with Crippen molar-refractivity contribution < 1.29 is 9.13 Å². The van der Waals surface area contributed by atoms with E-state index >= 15 is 0 Å². The second-order valence-corrected chi connectivity index (χ2v) is 5.96. The number of rotatable bonds is 7. The van der Waals surface area contributed by atoms with Crippen LogP contribution in [0, 0.1) is 11.7 Å². The van der Waals surface area contributed by atoms with Gasteiger partial charge in [-0.2, -0.15) is 0 Å². The van der Waals surface area contributed by atoms with Gasteiger partial charge in [-0.15, -0.1) is 0 Å². The number of halogens is 1. The summed E-state index contributed by atoms with van der Waals surface area (Å²) in [6.07, 6.45) is 3.42. The molecule has 1 aliphatic heterocycles. The number of ether oxygens (including phenoxy) is 1. The minimum absolute atomic E-state index is 0.160. The van der Waals surface area contributed by atoms with Crippen molar-refractivity contribution in [2.24, 2.45) is 5.92 Å². The van der Waals surface area contributed by atoms with E-state index in [0.717, 1.165) is 56.9 Å². The highest BCUT2D eigenvalue weighted by Gasteiger charge is 2.16. The van der Waals surface area contributed by atoms with Gasteiger partial charge in [0.05, 0.1) is 6.61 Å². The van der Waals surface area contributed by atoms with Crippen LogP contribution in [0.1, 0.15) is 31.7 Å². The molecule has 118 valence electrons. The summed E-state index contributed by atoms with van der Waals surface area (Å²) in [7, 11) is 2.03. The third-order valence-corrected chi connectivity index (χ3v) is 3.93. The van der Waals surface area contributed by atoms with Crippen molar-refractivity contribution in [3.05, 3.63) is 29.6 Å². The van der Waals surface area contributed by atoms with Gasteiger partial charge in [0.25, 0.3) is 0 Å². The first kappa shape index (κ1) is 16.2. The summed E-state index contributed by atoms with van der Waals surface area (Å²) >= 11 is 0. The van der Waals surface area contributed by atoms with E-state index in [1.165, 1.54) is 6.42 Å². The molecule has 0 aliphatic carbocycles. The number of anilines is 1. The van der Waals surface area contributed by atoms with Crippen LogP contribution in [0.2, 0.25) is 0 Å². The van der Waals surface area contributed by atoms with Gasteiger partial charge in [0.2, 0.25) is 0 Å². The Kier molecular flexibility index (Phi) is 6.46. The molecule has 1 saturated heterocycles. The average molecular weight is 294 g/mol. The van der Waals surface area contributed by atoms with E-state index in [4.69, 9.17) is 4.74 Å². The second kappa shape index (κ2) is 8.35. The van der Waals surface area contributed by atoms with E-state index in [1.807, 2.05) is 7.05 Å². The SMILES string of the molecule is CCCNCc1cc(F)cc(N(C)CC2CCCOC2)c1. The molecule has 0 aromatic heterocycles. The third kappa shape index (κ3) is 5.29. The standard InChI is InChI=1S/C17H27FN2O/c1-3-6-19-11-15-8-16(18)10-17(9-15)20(2)12-14-5-4-7-21-13-14/h8-10,14,19H,3-7,11-13H2,1-2H3. The summed E-state index contributed by atoms with van der Waals surface area (Å²) < 4.78 is 19.3. The third-order valence-electron chi connectivity index (χ3n) is 3.93. The lowest BCUT2D eigenvalue weighted by molar-refractivity contribution is 0.0576. The van der Waals surface area contributed by atoms with Crippen LogP contribution in [0.4, 0.5) is 10.1 Å². The molecule has 1 heterocycles. The number of hydrogen-bond acceptors (Lipinski definition) is 3. The number of nitrogens with zero attached hydrogens (tertiary/aromatic N) is 1. The molecule has 1 aromatic carbocycles. The minimum Gasteiger partial charge on any atom is -0.381 e. The fourth-order valence-corrected chi connectivity index (χ4v) is 2.81. The highest BCUT2D eigenvalue weighted by atomic mass is 19.1. The van der Waals surface area contributed by atoms with E-state index < -0.39 is 0 Å². The van der Waals surface area contributed by atoms with Crippen LogP contribution in [0.3, 0.4) is 0 Å². The lowest BCUT2D eigenvalue weighted by atomic mass is 10.0. The van der Waals surface area contributed by atoms with E-state index in [2.05, 4.69) is 23.2 Å². The quantitative estimate of drug-likeness (QED) is 0.782. The number of hydrogen-bond donors (Lipinski definition) is 1. The topological polar surface area (TPSA) is 24.5 Å². The monoisotopic (exact) mass is 294 g/mol. The molecule has 0 bridgehead atoms. The Hall–Kier alpha value is -1.13.